The van der Waals surface area contributed by atoms with Crippen molar-refractivity contribution < 1.29 is 49.3 Å². The highest BCUT2D eigenvalue weighted by atomic mass is 16.7. The van der Waals surface area contributed by atoms with Gasteiger partial charge in [0.05, 0.1) is 28.8 Å². The molecule has 0 aromatic rings. The zero-order chi connectivity index (χ0) is 28.0. The summed E-state index contributed by atoms with van der Waals surface area (Å²) in [5, 5.41) is 55.0. The molecule has 6 aliphatic rings. The predicted octanol–water partition coefficient (Wildman–Crippen LogP) is 0.750. The van der Waals surface area contributed by atoms with Crippen molar-refractivity contribution in [2.75, 3.05) is 6.61 Å². The second-order valence-electron chi connectivity index (χ2n) is 13.4. The van der Waals surface area contributed by atoms with Gasteiger partial charge in [0.1, 0.15) is 31.2 Å². The van der Waals surface area contributed by atoms with Crippen LogP contribution in [-0.4, -0.2) is 92.4 Å². The van der Waals surface area contributed by atoms with Crippen molar-refractivity contribution >= 4 is 12.3 Å². The maximum Gasteiger partial charge on any atom is 0.331 e. The number of fused-ring (bicyclic) bond motifs is 5. The molecule has 0 bridgehead atoms. The summed E-state index contributed by atoms with van der Waals surface area (Å²) in [5.74, 6) is -0.616. The highest BCUT2D eigenvalue weighted by molar-refractivity contribution is 5.85. The van der Waals surface area contributed by atoms with E-state index in [4.69, 9.17) is 14.2 Å². The summed E-state index contributed by atoms with van der Waals surface area (Å²) < 4.78 is 16.9. The highest BCUT2D eigenvalue weighted by Crippen LogP contribution is 2.70. The molecule has 0 radical (unpaired) electrons. The third-order valence-corrected chi connectivity index (χ3v) is 12.0. The SMILES string of the molecule is C[C@@H]1O[C@@H](O[C@H]2CC[C@]3(C=O)[C@H]4CC[C@]5(C)[C@@H](C6=CC(=O)OC6)CC[C@]5(O)[C@@H]4CC[C@]3(O)C2)[C@@H](O)[C@@H](O)[C@@H]1O. The fraction of sp³-hybridized carbons (Fsp3) is 0.862. The number of cyclic esters (lactones) is 1. The first-order valence-electron chi connectivity index (χ1n) is 14.5. The number of hydrogen-bond acceptors (Lipinski definition) is 10. The molecule has 5 fully saturated rings. The molecule has 4 saturated carbocycles. The molecule has 218 valence electrons. The van der Waals surface area contributed by atoms with Crippen LogP contribution in [0.1, 0.15) is 71.6 Å². The van der Waals surface area contributed by atoms with Gasteiger partial charge in [0, 0.05) is 17.9 Å². The zero-order valence-electron chi connectivity index (χ0n) is 22.7. The van der Waals surface area contributed by atoms with Gasteiger partial charge in [-0.2, -0.15) is 0 Å². The first kappa shape index (κ1) is 27.8. The molecule has 0 aromatic carbocycles. The Bertz CT molecular complexity index is 1050. The van der Waals surface area contributed by atoms with Crippen LogP contribution >= 0.6 is 0 Å². The van der Waals surface area contributed by atoms with E-state index in [1.54, 1.807) is 13.0 Å². The van der Waals surface area contributed by atoms with Crippen molar-refractivity contribution in [1.29, 1.82) is 0 Å². The Balaban J connectivity index is 1.22. The van der Waals surface area contributed by atoms with E-state index in [0.717, 1.165) is 18.3 Å². The van der Waals surface area contributed by atoms with Crippen molar-refractivity contribution in [3.05, 3.63) is 11.6 Å². The number of carbonyl (C=O) groups excluding carboxylic acids is 2. The van der Waals surface area contributed by atoms with Crippen molar-refractivity contribution in [1.82, 2.24) is 0 Å². The standard InChI is InChI=1S/C29H42O10/c1-15-22(32)23(33)24(34)25(38-15)39-17-3-8-27(14-30)19-4-7-26(2)18(16-11-21(31)37-13-16)6-10-29(26,36)20(19)5-9-28(27,35)12-17/h11,14-15,17-20,22-25,32-36H,3-10,12-13H2,1-2H3/t15-,17-,18+,19-,20+,22+,23-,24-,25-,26+,27-,28-,29-/m0/s1. The zero-order valence-corrected chi connectivity index (χ0v) is 22.7. The Labute approximate surface area is 228 Å². The Morgan fingerprint density at radius 1 is 0.974 bits per heavy atom. The van der Waals surface area contributed by atoms with Crippen LogP contribution in [0.2, 0.25) is 0 Å². The minimum absolute atomic E-state index is 0.0465. The Hall–Kier alpha value is -1.40. The smallest absolute Gasteiger partial charge is 0.331 e. The molecule has 0 amide bonds. The van der Waals surface area contributed by atoms with Crippen LogP contribution in [0.5, 0.6) is 0 Å². The largest absolute Gasteiger partial charge is 0.458 e. The Morgan fingerprint density at radius 3 is 2.41 bits per heavy atom. The second-order valence-corrected chi connectivity index (χ2v) is 13.4. The highest BCUT2D eigenvalue weighted by Gasteiger charge is 2.71. The molecule has 0 aromatic heterocycles. The molecule has 10 nitrogen and oxygen atoms in total. The molecule has 6 rings (SSSR count). The van der Waals surface area contributed by atoms with Gasteiger partial charge in [0.2, 0.25) is 0 Å². The summed E-state index contributed by atoms with van der Waals surface area (Å²) in [6, 6.07) is 0. The molecular weight excluding hydrogens is 508 g/mol. The molecule has 4 aliphatic carbocycles. The second kappa shape index (κ2) is 9.31. The van der Waals surface area contributed by atoms with Gasteiger partial charge in [-0.1, -0.05) is 6.92 Å². The van der Waals surface area contributed by atoms with Gasteiger partial charge >= 0.3 is 5.97 Å². The average Bonchev–Trinajstić information content (AvgIpc) is 3.45. The third-order valence-electron chi connectivity index (χ3n) is 12.0. The number of esters is 1. The van der Waals surface area contributed by atoms with Gasteiger partial charge in [-0.15, -0.1) is 0 Å². The van der Waals surface area contributed by atoms with Gasteiger partial charge in [-0.3, -0.25) is 0 Å². The molecule has 13 atom stereocenters. The van der Waals surface area contributed by atoms with Crippen LogP contribution in [0.4, 0.5) is 0 Å². The summed E-state index contributed by atoms with van der Waals surface area (Å²) in [4.78, 5) is 24.8. The summed E-state index contributed by atoms with van der Waals surface area (Å²) in [6.45, 7) is 3.98. The van der Waals surface area contributed by atoms with E-state index in [1.807, 2.05) is 0 Å². The third kappa shape index (κ3) is 3.78. The normalized spacial score (nSPS) is 55.2. The lowest BCUT2D eigenvalue weighted by molar-refractivity contribution is -0.317. The van der Waals surface area contributed by atoms with Gasteiger partial charge in [-0.25, -0.2) is 4.79 Å². The number of carbonyl (C=O) groups is 2. The molecule has 10 heteroatoms. The number of ether oxygens (including phenoxy) is 3. The summed E-state index contributed by atoms with van der Waals surface area (Å²) in [5.41, 5.74) is -2.86. The Morgan fingerprint density at radius 2 is 1.72 bits per heavy atom. The molecule has 0 spiro atoms. The minimum atomic E-state index is -1.43. The predicted molar refractivity (Wildman–Crippen MR) is 135 cm³/mol. The topological polar surface area (TPSA) is 163 Å². The van der Waals surface area contributed by atoms with Gasteiger partial charge in [-0.05, 0) is 81.6 Å². The van der Waals surface area contributed by atoms with E-state index >= 15 is 0 Å². The van der Waals surface area contributed by atoms with E-state index in [1.165, 1.54) is 0 Å². The number of rotatable bonds is 4. The number of aliphatic hydroxyl groups is 5. The summed E-state index contributed by atoms with van der Waals surface area (Å²) >= 11 is 0. The summed E-state index contributed by atoms with van der Waals surface area (Å²) in [6.07, 6.45) is 0.689. The van der Waals surface area contributed by atoms with Crippen molar-refractivity contribution in [3.8, 4) is 0 Å². The number of hydrogen-bond donors (Lipinski definition) is 5. The maximum atomic E-state index is 13.0. The fourth-order valence-electron chi connectivity index (χ4n) is 9.75. The van der Waals surface area contributed by atoms with Crippen LogP contribution in [0.3, 0.4) is 0 Å². The molecule has 39 heavy (non-hydrogen) atoms. The van der Waals surface area contributed by atoms with Crippen molar-refractivity contribution in [2.45, 2.75) is 120 Å². The maximum absolute atomic E-state index is 13.0. The molecule has 2 heterocycles. The van der Waals surface area contributed by atoms with E-state index in [9.17, 15) is 35.1 Å². The average molecular weight is 551 g/mol. The van der Waals surface area contributed by atoms with E-state index in [0.29, 0.717) is 44.9 Å². The van der Waals surface area contributed by atoms with Crippen LogP contribution in [-0.2, 0) is 23.8 Å². The molecule has 5 N–H and O–H groups in total. The van der Waals surface area contributed by atoms with Gasteiger partial charge in [0.25, 0.3) is 0 Å². The lowest BCUT2D eigenvalue weighted by Crippen LogP contribution is -2.69. The number of aliphatic hydroxyl groups excluding tert-OH is 3. The lowest BCUT2D eigenvalue weighted by Gasteiger charge is -2.65. The number of aldehydes is 1. The first-order valence-corrected chi connectivity index (χ1v) is 14.5. The first-order chi connectivity index (χ1) is 18.4. The van der Waals surface area contributed by atoms with E-state index < -0.39 is 58.8 Å². The fourth-order valence-corrected chi connectivity index (χ4v) is 9.75. The van der Waals surface area contributed by atoms with Crippen LogP contribution in [0, 0.1) is 28.6 Å². The van der Waals surface area contributed by atoms with Crippen LogP contribution in [0.15, 0.2) is 11.6 Å². The molecule has 1 saturated heterocycles. The molecular formula is C29H42O10. The minimum Gasteiger partial charge on any atom is -0.458 e. The van der Waals surface area contributed by atoms with Crippen molar-refractivity contribution in [3.63, 3.8) is 0 Å². The van der Waals surface area contributed by atoms with E-state index in [2.05, 4.69) is 6.92 Å². The van der Waals surface area contributed by atoms with E-state index in [-0.39, 0.29) is 36.8 Å². The molecule has 0 unspecified atom stereocenters. The van der Waals surface area contributed by atoms with Crippen molar-refractivity contribution in [2.24, 2.45) is 28.6 Å². The monoisotopic (exact) mass is 550 g/mol. The quantitative estimate of drug-likeness (QED) is 0.192. The summed E-state index contributed by atoms with van der Waals surface area (Å²) in [7, 11) is 0. The van der Waals surface area contributed by atoms with Gasteiger partial charge < -0.3 is 44.5 Å². The van der Waals surface area contributed by atoms with Crippen LogP contribution in [0.25, 0.3) is 0 Å². The van der Waals surface area contributed by atoms with Gasteiger partial charge in [0.15, 0.2) is 6.29 Å². The lowest BCUT2D eigenvalue weighted by atomic mass is 9.41. The molecule has 2 aliphatic heterocycles. The van der Waals surface area contributed by atoms with Crippen LogP contribution < -0.4 is 0 Å². The Kier molecular flexibility index (Phi) is 6.62.